The molecule has 0 unspecified atom stereocenters. The molecule has 0 fully saturated rings. The normalized spacial score (nSPS) is 16.3. The highest BCUT2D eigenvalue weighted by Gasteiger charge is 2.21. The third kappa shape index (κ3) is 3.72. The van der Waals surface area contributed by atoms with Crippen LogP contribution in [0.4, 0.5) is 4.79 Å². The van der Waals surface area contributed by atoms with Crippen LogP contribution in [0.2, 0.25) is 0 Å². The van der Waals surface area contributed by atoms with Gasteiger partial charge in [0.2, 0.25) is 0 Å². The van der Waals surface area contributed by atoms with Crippen LogP contribution in [0.15, 0.2) is 41.8 Å². The Morgan fingerprint density at radius 2 is 2.11 bits per heavy atom. The molecule has 5 heteroatoms. The topological polar surface area (TPSA) is 64.8 Å². The first-order valence-electron chi connectivity index (χ1n) is 6.18. The molecule has 19 heavy (non-hydrogen) atoms. The molecular weight excluding hydrogens is 244 g/mol. The van der Waals surface area contributed by atoms with Crippen LogP contribution >= 0.6 is 0 Å². The molecule has 1 heterocycles. The minimum atomic E-state index is -0.723. The van der Waals surface area contributed by atoms with E-state index in [1.54, 1.807) is 0 Å². The quantitative estimate of drug-likeness (QED) is 0.842. The molecule has 0 aromatic heterocycles. The molecule has 5 nitrogen and oxygen atoms in total. The standard InChI is InChI=1S/C14H18N2O3/c1-18-14(17)19-13-10-16(8-7-12(13)15)9-11-5-3-2-4-6-11/h2-6H,7-10,15H2,1H3. The van der Waals surface area contributed by atoms with Crippen LogP contribution in [0.5, 0.6) is 0 Å². The number of hydrogen-bond acceptors (Lipinski definition) is 5. The molecule has 2 rings (SSSR count). The lowest BCUT2D eigenvalue weighted by Gasteiger charge is -2.28. The van der Waals surface area contributed by atoms with Crippen molar-refractivity contribution in [2.75, 3.05) is 20.2 Å². The summed E-state index contributed by atoms with van der Waals surface area (Å²) in [5, 5.41) is 0. The zero-order valence-corrected chi connectivity index (χ0v) is 11.0. The molecule has 0 saturated heterocycles. The van der Waals surface area contributed by atoms with Gasteiger partial charge >= 0.3 is 6.16 Å². The average Bonchev–Trinajstić information content (AvgIpc) is 2.43. The third-order valence-electron chi connectivity index (χ3n) is 3.04. The molecule has 1 aromatic carbocycles. The summed E-state index contributed by atoms with van der Waals surface area (Å²) in [6.07, 6.45) is -0.0291. The number of ether oxygens (including phenoxy) is 2. The zero-order valence-electron chi connectivity index (χ0n) is 11.0. The van der Waals surface area contributed by atoms with E-state index in [0.29, 0.717) is 24.4 Å². The van der Waals surface area contributed by atoms with E-state index in [0.717, 1.165) is 13.1 Å². The maximum absolute atomic E-state index is 11.1. The smallest absolute Gasteiger partial charge is 0.437 e. The number of carbonyl (C=O) groups excluding carboxylic acids is 1. The van der Waals surface area contributed by atoms with Crippen LogP contribution in [-0.2, 0) is 16.0 Å². The predicted octanol–water partition coefficient (Wildman–Crippen LogP) is 1.85. The minimum absolute atomic E-state index is 0.494. The van der Waals surface area contributed by atoms with Gasteiger partial charge in [-0.05, 0) is 5.56 Å². The van der Waals surface area contributed by atoms with Gasteiger partial charge in [0.1, 0.15) is 5.76 Å². The molecule has 0 amide bonds. The van der Waals surface area contributed by atoms with Gasteiger partial charge in [-0.2, -0.15) is 0 Å². The Kier molecular flexibility index (Phi) is 4.41. The van der Waals surface area contributed by atoms with Crippen LogP contribution in [0.1, 0.15) is 12.0 Å². The summed E-state index contributed by atoms with van der Waals surface area (Å²) in [6.45, 7) is 2.19. The Morgan fingerprint density at radius 3 is 2.79 bits per heavy atom. The van der Waals surface area contributed by atoms with Crippen molar-refractivity contribution in [2.45, 2.75) is 13.0 Å². The fraction of sp³-hybridized carbons (Fsp3) is 0.357. The minimum Gasteiger partial charge on any atom is -0.437 e. The first-order valence-corrected chi connectivity index (χ1v) is 6.18. The van der Waals surface area contributed by atoms with Gasteiger partial charge in [0.25, 0.3) is 0 Å². The van der Waals surface area contributed by atoms with E-state index in [2.05, 4.69) is 21.8 Å². The number of carbonyl (C=O) groups is 1. The molecule has 0 spiro atoms. The highest BCUT2D eigenvalue weighted by molar-refractivity contribution is 5.61. The summed E-state index contributed by atoms with van der Waals surface area (Å²) in [5.41, 5.74) is 7.70. The number of hydrogen-bond donors (Lipinski definition) is 1. The summed E-state index contributed by atoms with van der Waals surface area (Å²) in [4.78, 5) is 13.3. The van der Waals surface area contributed by atoms with Crippen LogP contribution in [-0.4, -0.2) is 31.3 Å². The number of rotatable bonds is 3. The SMILES string of the molecule is COC(=O)OC1=C(N)CCN(Cc2ccccc2)C1. The second kappa shape index (κ2) is 6.24. The van der Waals surface area contributed by atoms with E-state index >= 15 is 0 Å². The van der Waals surface area contributed by atoms with Crippen LogP contribution in [0.25, 0.3) is 0 Å². The van der Waals surface area contributed by atoms with Crippen LogP contribution < -0.4 is 5.73 Å². The van der Waals surface area contributed by atoms with E-state index in [-0.39, 0.29) is 0 Å². The molecule has 1 aromatic rings. The summed E-state index contributed by atoms with van der Waals surface area (Å²) in [7, 11) is 1.28. The Hall–Kier alpha value is -2.01. The molecule has 0 aliphatic carbocycles. The predicted molar refractivity (Wildman–Crippen MR) is 71.0 cm³/mol. The van der Waals surface area contributed by atoms with Crippen LogP contribution in [0, 0.1) is 0 Å². The summed E-state index contributed by atoms with van der Waals surface area (Å²) < 4.78 is 9.56. The molecule has 2 N–H and O–H groups in total. The molecule has 102 valence electrons. The monoisotopic (exact) mass is 262 g/mol. The van der Waals surface area contributed by atoms with Crippen molar-refractivity contribution < 1.29 is 14.3 Å². The van der Waals surface area contributed by atoms with Gasteiger partial charge in [0.15, 0.2) is 0 Å². The molecule has 1 aliphatic heterocycles. The maximum Gasteiger partial charge on any atom is 0.513 e. The third-order valence-corrected chi connectivity index (χ3v) is 3.04. The lowest BCUT2D eigenvalue weighted by Crippen LogP contribution is -2.34. The second-order valence-corrected chi connectivity index (χ2v) is 4.45. The van der Waals surface area contributed by atoms with Crippen molar-refractivity contribution in [3.63, 3.8) is 0 Å². The Balaban J connectivity index is 1.98. The first kappa shape index (κ1) is 13.4. The van der Waals surface area contributed by atoms with Gasteiger partial charge in [-0.25, -0.2) is 4.79 Å². The molecule has 1 aliphatic rings. The number of methoxy groups -OCH3 is 1. The van der Waals surface area contributed by atoms with Gasteiger partial charge in [-0.15, -0.1) is 0 Å². The lowest BCUT2D eigenvalue weighted by atomic mass is 10.1. The zero-order chi connectivity index (χ0) is 13.7. The molecular formula is C14H18N2O3. The van der Waals surface area contributed by atoms with Gasteiger partial charge in [0.05, 0.1) is 13.7 Å². The van der Waals surface area contributed by atoms with Crippen molar-refractivity contribution in [1.29, 1.82) is 0 Å². The van der Waals surface area contributed by atoms with E-state index in [1.165, 1.54) is 12.7 Å². The number of nitrogens with zero attached hydrogens (tertiary/aromatic N) is 1. The number of benzene rings is 1. The van der Waals surface area contributed by atoms with Gasteiger partial charge < -0.3 is 15.2 Å². The molecule has 0 atom stereocenters. The molecule has 0 saturated carbocycles. The second-order valence-electron chi connectivity index (χ2n) is 4.45. The van der Waals surface area contributed by atoms with E-state index in [9.17, 15) is 4.79 Å². The Labute approximate surface area is 112 Å². The van der Waals surface area contributed by atoms with Crippen molar-refractivity contribution in [3.05, 3.63) is 47.4 Å². The average molecular weight is 262 g/mol. The molecule has 0 bridgehead atoms. The number of nitrogens with two attached hydrogens (primary N) is 1. The van der Waals surface area contributed by atoms with E-state index < -0.39 is 6.16 Å². The fourth-order valence-corrected chi connectivity index (χ4v) is 2.02. The van der Waals surface area contributed by atoms with Gasteiger partial charge in [0, 0.05) is 25.2 Å². The Bertz CT molecular complexity index is 471. The van der Waals surface area contributed by atoms with Crippen molar-refractivity contribution in [1.82, 2.24) is 4.90 Å². The van der Waals surface area contributed by atoms with E-state index in [4.69, 9.17) is 10.5 Å². The fourth-order valence-electron chi connectivity index (χ4n) is 2.02. The summed E-state index contributed by atoms with van der Waals surface area (Å²) in [5.74, 6) is 0.494. The largest absolute Gasteiger partial charge is 0.513 e. The maximum atomic E-state index is 11.1. The first-order chi connectivity index (χ1) is 9.19. The highest BCUT2D eigenvalue weighted by Crippen LogP contribution is 2.18. The Morgan fingerprint density at radius 1 is 1.37 bits per heavy atom. The lowest BCUT2D eigenvalue weighted by molar-refractivity contribution is 0.0849. The summed E-state index contributed by atoms with van der Waals surface area (Å²) in [6, 6.07) is 10.2. The summed E-state index contributed by atoms with van der Waals surface area (Å²) >= 11 is 0. The van der Waals surface area contributed by atoms with Crippen LogP contribution in [0.3, 0.4) is 0 Å². The molecule has 0 radical (unpaired) electrons. The van der Waals surface area contributed by atoms with Gasteiger partial charge in [-0.1, -0.05) is 30.3 Å². The van der Waals surface area contributed by atoms with Crippen molar-refractivity contribution in [3.8, 4) is 0 Å². The van der Waals surface area contributed by atoms with E-state index in [1.807, 2.05) is 18.2 Å². The van der Waals surface area contributed by atoms with Crippen molar-refractivity contribution >= 4 is 6.16 Å². The highest BCUT2D eigenvalue weighted by atomic mass is 16.7. The van der Waals surface area contributed by atoms with Gasteiger partial charge in [-0.3, -0.25) is 4.90 Å². The van der Waals surface area contributed by atoms with Crippen molar-refractivity contribution in [2.24, 2.45) is 5.73 Å².